The summed E-state index contributed by atoms with van der Waals surface area (Å²) in [4.78, 5) is 11.0. The topological polar surface area (TPSA) is 17.1 Å². The highest BCUT2D eigenvalue weighted by molar-refractivity contribution is 5.58. The summed E-state index contributed by atoms with van der Waals surface area (Å²) in [6.07, 6.45) is 7.04. The van der Waals surface area contributed by atoms with Gasteiger partial charge in [-0.15, -0.1) is 0 Å². The summed E-state index contributed by atoms with van der Waals surface area (Å²) in [7, 11) is 0. The minimum Gasteiger partial charge on any atom is -0.303 e. The lowest BCUT2D eigenvalue weighted by molar-refractivity contribution is -0.115. The maximum atomic E-state index is 11.0. The largest absolute Gasteiger partial charge is 0.303 e. The van der Waals surface area contributed by atoms with Crippen LogP contribution in [0.3, 0.4) is 0 Å². The average Bonchev–Trinajstić information content (AvgIpc) is 2.17. The summed E-state index contributed by atoms with van der Waals surface area (Å²) < 4.78 is 0. The van der Waals surface area contributed by atoms with Gasteiger partial charge in [-0.1, -0.05) is 39.3 Å². The third kappa shape index (κ3) is 1.66. The lowest BCUT2D eigenvalue weighted by Crippen LogP contribution is -2.48. The van der Waals surface area contributed by atoms with Crippen LogP contribution in [-0.2, 0) is 4.79 Å². The van der Waals surface area contributed by atoms with Crippen LogP contribution in [0.2, 0.25) is 0 Å². The zero-order chi connectivity index (χ0) is 11.3. The Kier molecular flexibility index (Phi) is 2.33. The van der Waals surface area contributed by atoms with E-state index in [-0.39, 0.29) is 5.41 Å². The first-order valence-electron chi connectivity index (χ1n) is 6.02. The molecule has 0 heterocycles. The predicted molar refractivity (Wildman–Crippen MR) is 62.5 cm³/mol. The number of rotatable bonds is 3. The van der Waals surface area contributed by atoms with Crippen molar-refractivity contribution in [2.75, 3.05) is 0 Å². The summed E-state index contributed by atoms with van der Waals surface area (Å²) >= 11 is 0. The van der Waals surface area contributed by atoms with Crippen molar-refractivity contribution in [3.8, 4) is 0 Å². The molecule has 0 radical (unpaired) electrons. The molecule has 0 aromatic rings. The van der Waals surface area contributed by atoms with Crippen molar-refractivity contribution in [3.63, 3.8) is 0 Å². The van der Waals surface area contributed by atoms with Gasteiger partial charge in [0.1, 0.15) is 6.29 Å². The van der Waals surface area contributed by atoms with Crippen LogP contribution in [0.5, 0.6) is 0 Å². The molecular formula is C14H22O. The number of fused-ring (bicyclic) bond motifs is 1. The highest BCUT2D eigenvalue weighted by atomic mass is 16.1. The zero-order valence-corrected chi connectivity index (χ0v) is 10.3. The molecule has 0 saturated heterocycles. The molecule has 3 aliphatic carbocycles. The minimum atomic E-state index is -0.176. The molecule has 0 amide bonds. The van der Waals surface area contributed by atoms with Crippen molar-refractivity contribution >= 4 is 6.29 Å². The van der Waals surface area contributed by atoms with E-state index in [9.17, 15) is 4.79 Å². The third-order valence-corrected chi connectivity index (χ3v) is 4.56. The highest BCUT2D eigenvalue weighted by Crippen LogP contribution is 2.60. The van der Waals surface area contributed by atoms with Gasteiger partial charge in [-0.2, -0.15) is 0 Å². The maximum absolute atomic E-state index is 11.0. The molecule has 1 fully saturated rings. The van der Waals surface area contributed by atoms with Gasteiger partial charge in [0.2, 0.25) is 0 Å². The van der Waals surface area contributed by atoms with Crippen molar-refractivity contribution in [3.05, 3.63) is 11.6 Å². The Morgan fingerprint density at radius 1 is 1.53 bits per heavy atom. The van der Waals surface area contributed by atoms with E-state index in [1.807, 2.05) is 13.8 Å². The number of hydrogen-bond acceptors (Lipinski definition) is 1. The molecule has 0 aliphatic heterocycles. The predicted octanol–water partition coefficient (Wildman–Crippen LogP) is 3.59. The molecule has 0 aromatic heterocycles. The smallest absolute Gasteiger partial charge is 0.125 e. The molecule has 15 heavy (non-hydrogen) atoms. The van der Waals surface area contributed by atoms with Crippen LogP contribution >= 0.6 is 0 Å². The highest BCUT2D eigenvalue weighted by Gasteiger charge is 2.51. The molecule has 2 atom stereocenters. The maximum Gasteiger partial charge on any atom is 0.125 e. The van der Waals surface area contributed by atoms with Crippen LogP contribution in [-0.4, -0.2) is 6.29 Å². The summed E-state index contributed by atoms with van der Waals surface area (Å²) in [6.45, 7) is 8.84. The first-order chi connectivity index (χ1) is 6.87. The molecule has 0 N–H and O–H groups in total. The number of hydrogen-bond donors (Lipinski definition) is 0. The standard InChI is InChI=1S/C14H22O/c1-13(2,9-15)8-10-5-6-11-7-12(10)14(11,3)4/h5,9,11-12H,6-8H2,1-4H3. The zero-order valence-electron chi connectivity index (χ0n) is 10.3. The number of aldehydes is 1. The number of carbonyl (C=O) groups excluding carboxylic acids is 1. The van der Waals surface area contributed by atoms with E-state index in [4.69, 9.17) is 0 Å². The van der Waals surface area contributed by atoms with E-state index in [1.165, 1.54) is 12.8 Å². The van der Waals surface area contributed by atoms with Gasteiger partial charge in [0, 0.05) is 5.41 Å². The van der Waals surface area contributed by atoms with Gasteiger partial charge in [-0.3, -0.25) is 0 Å². The quantitative estimate of drug-likeness (QED) is 0.509. The van der Waals surface area contributed by atoms with Crippen molar-refractivity contribution in [2.45, 2.75) is 47.0 Å². The van der Waals surface area contributed by atoms with Crippen molar-refractivity contribution in [1.82, 2.24) is 0 Å². The Balaban J connectivity index is 2.12. The molecule has 1 heteroatoms. The Labute approximate surface area is 92.9 Å². The lowest BCUT2D eigenvalue weighted by Gasteiger charge is -2.57. The van der Waals surface area contributed by atoms with Crippen molar-refractivity contribution in [1.29, 1.82) is 0 Å². The average molecular weight is 206 g/mol. The van der Waals surface area contributed by atoms with E-state index in [0.717, 1.165) is 24.5 Å². The van der Waals surface area contributed by atoms with Crippen molar-refractivity contribution in [2.24, 2.45) is 22.7 Å². The van der Waals surface area contributed by atoms with Gasteiger partial charge in [0.25, 0.3) is 0 Å². The van der Waals surface area contributed by atoms with Gasteiger partial charge >= 0.3 is 0 Å². The van der Waals surface area contributed by atoms with Gasteiger partial charge in [0.05, 0.1) is 0 Å². The van der Waals surface area contributed by atoms with Crippen molar-refractivity contribution < 1.29 is 4.79 Å². The van der Waals surface area contributed by atoms with E-state index in [2.05, 4.69) is 19.9 Å². The monoisotopic (exact) mass is 206 g/mol. The second-order valence-electron chi connectivity index (χ2n) is 6.60. The molecule has 0 aromatic carbocycles. The van der Waals surface area contributed by atoms with E-state index in [1.54, 1.807) is 5.57 Å². The SMILES string of the molecule is CC(C)(C=O)CC1=CCC2CC1C2(C)C. The summed E-state index contributed by atoms with van der Waals surface area (Å²) in [6, 6.07) is 0. The third-order valence-electron chi connectivity index (χ3n) is 4.56. The van der Waals surface area contributed by atoms with Crippen LogP contribution in [0.15, 0.2) is 11.6 Å². The van der Waals surface area contributed by atoms with Crippen LogP contribution in [0.1, 0.15) is 47.0 Å². The second kappa shape index (κ2) is 3.20. The molecule has 84 valence electrons. The van der Waals surface area contributed by atoms with Gasteiger partial charge in [-0.25, -0.2) is 0 Å². The van der Waals surface area contributed by atoms with E-state index >= 15 is 0 Å². The van der Waals surface area contributed by atoms with Crippen LogP contribution in [0.4, 0.5) is 0 Å². The molecule has 2 bridgehead atoms. The van der Waals surface area contributed by atoms with E-state index < -0.39 is 0 Å². The van der Waals surface area contributed by atoms with Gasteiger partial charge in [0.15, 0.2) is 0 Å². The Hall–Kier alpha value is -0.590. The van der Waals surface area contributed by atoms with Crippen LogP contribution in [0.25, 0.3) is 0 Å². The summed E-state index contributed by atoms with van der Waals surface area (Å²) in [5.41, 5.74) is 1.85. The lowest BCUT2D eigenvalue weighted by atomic mass is 9.48. The van der Waals surface area contributed by atoms with Gasteiger partial charge in [-0.05, 0) is 36.5 Å². The fourth-order valence-electron chi connectivity index (χ4n) is 3.24. The summed E-state index contributed by atoms with van der Waals surface area (Å²) in [5.74, 6) is 1.64. The number of carbonyl (C=O) groups is 1. The molecule has 1 nitrogen and oxygen atoms in total. The molecule has 1 saturated carbocycles. The Morgan fingerprint density at radius 3 is 2.67 bits per heavy atom. The van der Waals surface area contributed by atoms with E-state index in [0.29, 0.717) is 5.41 Å². The van der Waals surface area contributed by atoms with Gasteiger partial charge < -0.3 is 4.79 Å². The normalized spacial score (nSPS) is 32.9. The Bertz CT molecular complexity index is 309. The Morgan fingerprint density at radius 2 is 2.20 bits per heavy atom. The van der Waals surface area contributed by atoms with Crippen LogP contribution < -0.4 is 0 Å². The molecule has 2 unspecified atom stereocenters. The molecule has 3 rings (SSSR count). The molecule has 3 aliphatic rings. The van der Waals surface area contributed by atoms with Crippen LogP contribution in [0, 0.1) is 22.7 Å². The summed E-state index contributed by atoms with van der Waals surface area (Å²) in [5, 5.41) is 0. The fourth-order valence-corrected chi connectivity index (χ4v) is 3.24. The molecule has 0 spiro atoms. The first kappa shape index (κ1) is 10.9. The molecular weight excluding hydrogens is 184 g/mol. The second-order valence-corrected chi connectivity index (χ2v) is 6.60. The fraction of sp³-hybridized carbons (Fsp3) is 0.786. The minimum absolute atomic E-state index is 0.176. The number of allylic oxidation sites excluding steroid dienone is 2. The first-order valence-corrected chi connectivity index (χ1v) is 6.02.